The molecule has 30 heavy (non-hydrogen) atoms. The van der Waals surface area contributed by atoms with Gasteiger partial charge in [0.1, 0.15) is 11.5 Å². The van der Waals surface area contributed by atoms with Gasteiger partial charge in [-0.1, -0.05) is 59.6 Å². The monoisotopic (exact) mass is 419 g/mol. The maximum atomic E-state index is 13.1. The van der Waals surface area contributed by atoms with Crippen molar-refractivity contribution in [3.05, 3.63) is 107 Å². The Morgan fingerprint density at radius 2 is 1.73 bits per heavy atom. The third-order valence-electron chi connectivity index (χ3n) is 4.74. The lowest BCUT2D eigenvalue weighted by Gasteiger charge is -2.09. The first kappa shape index (κ1) is 19.9. The van der Waals surface area contributed by atoms with Crippen LogP contribution in [-0.4, -0.2) is 15.7 Å². The van der Waals surface area contributed by atoms with Gasteiger partial charge in [0.2, 0.25) is 0 Å². The zero-order chi connectivity index (χ0) is 21.1. The Bertz CT molecular complexity index is 1180. The molecule has 4 rings (SSSR count). The number of amides is 1. The predicted molar refractivity (Wildman–Crippen MR) is 116 cm³/mol. The third-order valence-corrected chi connectivity index (χ3v) is 5.07. The number of aryl methyl sites for hydroxylation is 1. The SMILES string of the molecule is Cc1ccc(-n2nc(-c3ccccc3Cl)cc2C(=O)NCc2ccc(F)cc2)cc1. The third kappa shape index (κ3) is 4.26. The van der Waals surface area contributed by atoms with E-state index in [0.29, 0.717) is 16.4 Å². The Labute approximate surface area is 178 Å². The lowest BCUT2D eigenvalue weighted by molar-refractivity contribution is 0.0943. The lowest BCUT2D eigenvalue weighted by atomic mass is 10.1. The molecular weight excluding hydrogens is 401 g/mol. The summed E-state index contributed by atoms with van der Waals surface area (Å²) in [5.74, 6) is -0.599. The van der Waals surface area contributed by atoms with Gasteiger partial charge in [0.15, 0.2) is 0 Å². The maximum Gasteiger partial charge on any atom is 0.270 e. The second-order valence-electron chi connectivity index (χ2n) is 6.95. The minimum Gasteiger partial charge on any atom is -0.347 e. The van der Waals surface area contributed by atoms with Crippen LogP contribution in [0.15, 0.2) is 78.9 Å². The quantitative estimate of drug-likeness (QED) is 0.459. The molecule has 0 aliphatic heterocycles. The largest absolute Gasteiger partial charge is 0.347 e. The fraction of sp³-hybridized carbons (Fsp3) is 0.0833. The van der Waals surface area contributed by atoms with Crippen LogP contribution in [0.3, 0.4) is 0 Å². The van der Waals surface area contributed by atoms with Crippen LogP contribution in [0.25, 0.3) is 16.9 Å². The number of nitrogens with zero attached hydrogens (tertiary/aromatic N) is 2. The molecule has 0 bridgehead atoms. The molecule has 4 nitrogen and oxygen atoms in total. The first-order valence-electron chi connectivity index (χ1n) is 9.46. The van der Waals surface area contributed by atoms with Gasteiger partial charge >= 0.3 is 0 Å². The van der Waals surface area contributed by atoms with Crippen molar-refractivity contribution >= 4 is 17.5 Å². The number of hydrogen-bond donors (Lipinski definition) is 1. The Kier molecular flexibility index (Phi) is 5.63. The summed E-state index contributed by atoms with van der Waals surface area (Å²) in [7, 11) is 0. The highest BCUT2D eigenvalue weighted by molar-refractivity contribution is 6.33. The van der Waals surface area contributed by atoms with E-state index in [9.17, 15) is 9.18 Å². The van der Waals surface area contributed by atoms with Crippen molar-refractivity contribution in [3.63, 3.8) is 0 Å². The van der Waals surface area contributed by atoms with Crippen molar-refractivity contribution in [2.75, 3.05) is 0 Å². The summed E-state index contributed by atoms with van der Waals surface area (Å²) >= 11 is 6.34. The number of carbonyl (C=O) groups excluding carboxylic acids is 1. The summed E-state index contributed by atoms with van der Waals surface area (Å²) in [5.41, 5.74) is 4.42. The summed E-state index contributed by atoms with van der Waals surface area (Å²) in [6, 6.07) is 22.9. The standard InChI is InChI=1S/C24H19ClFN3O/c1-16-6-12-19(13-7-16)29-23(14-22(28-29)20-4-2-3-5-21(20)25)24(30)27-15-17-8-10-18(26)11-9-17/h2-14H,15H2,1H3,(H,27,30). The predicted octanol–water partition coefficient (Wildman–Crippen LogP) is 5.57. The van der Waals surface area contributed by atoms with Crippen molar-refractivity contribution in [2.24, 2.45) is 0 Å². The molecule has 1 N–H and O–H groups in total. The smallest absolute Gasteiger partial charge is 0.270 e. The van der Waals surface area contributed by atoms with Gasteiger partial charge in [0, 0.05) is 12.1 Å². The van der Waals surface area contributed by atoms with Crippen molar-refractivity contribution in [3.8, 4) is 16.9 Å². The van der Waals surface area contributed by atoms with E-state index in [4.69, 9.17) is 11.6 Å². The van der Waals surface area contributed by atoms with Crippen molar-refractivity contribution in [1.29, 1.82) is 0 Å². The number of aromatic nitrogens is 2. The molecule has 3 aromatic carbocycles. The average Bonchev–Trinajstić information content (AvgIpc) is 3.19. The number of hydrogen-bond acceptors (Lipinski definition) is 2. The highest BCUT2D eigenvalue weighted by atomic mass is 35.5. The number of nitrogens with one attached hydrogen (secondary N) is 1. The van der Waals surface area contributed by atoms with Crippen LogP contribution in [0.1, 0.15) is 21.6 Å². The second kappa shape index (κ2) is 8.51. The molecule has 6 heteroatoms. The van der Waals surface area contributed by atoms with E-state index in [1.165, 1.54) is 12.1 Å². The van der Waals surface area contributed by atoms with Crippen LogP contribution in [0.5, 0.6) is 0 Å². The van der Waals surface area contributed by atoms with E-state index in [1.54, 1.807) is 28.9 Å². The van der Waals surface area contributed by atoms with Gasteiger partial charge in [0.05, 0.1) is 16.4 Å². The van der Waals surface area contributed by atoms with Crippen molar-refractivity contribution in [2.45, 2.75) is 13.5 Å². The van der Waals surface area contributed by atoms with Gasteiger partial charge in [-0.25, -0.2) is 9.07 Å². The molecule has 1 amide bonds. The van der Waals surface area contributed by atoms with Gasteiger partial charge in [-0.15, -0.1) is 0 Å². The Hall–Kier alpha value is -3.44. The summed E-state index contributed by atoms with van der Waals surface area (Å²) in [4.78, 5) is 13.0. The van der Waals surface area contributed by atoms with E-state index in [2.05, 4.69) is 10.4 Å². The topological polar surface area (TPSA) is 46.9 Å². The second-order valence-corrected chi connectivity index (χ2v) is 7.36. The Morgan fingerprint density at radius 3 is 2.43 bits per heavy atom. The van der Waals surface area contributed by atoms with Crippen LogP contribution in [0.4, 0.5) is 4.39 Å². The summed E-state index contributed by atoms with van der Waals surface area (Å²) in [5, 5.41) is 8.09. The summed E-state index contributed by atoms with van der Waals surface area (Å²) in [6.07, 6.45) is 0. The lowest BCUT2D eigenvalue weighted by Crippen LogP contribution is -2.25. The van der Waals surface area contributed by atoms with Gasteiger partial charge < -0.3 is 5.32 Å². The molecule has 4 aromatic rings. The zero-order valence-corrected chi connectivity index (χ0v) is 17.0. The highest BCUT2D eigenvalue weighted by Gasteiger charge is 2.18. The van der Waals surface area contributed by atoms with Crippen LogP contribution in [0, 0.1) is 12.7 Å². The molecule has 0 aliphatic carbocycles. The van der Waals surface area contributed by atoms with E-state index in [0.717, 1.165) is 22.4 Å². The van der Waals surface area contributed by atoms with E-state index < -0.39 is 0 Å². The van der Waals surface area contributed by atoms with E-state index >= 15 is 0 Å². The minimum atomic E-state index is -0.313. The van der Waals surface area contributed by atoms with Crippen LogP contribution in [0.2, 0.25) is 5.02 Å². The van der Waals surface area contributed by atoms with Crippen LogP contribution < -0.4 is 5.32 Å². The van der Waals surface area contributed by atoms with Crippen LogP contribution >= 0.6 is 11.6 Å². The van der Waals surface area contributed by atoms with E-state index in [1.807, 2.05) is 49.4 Å². The number of benzene rings is 3. The van der Waals surface area contributed by atoms with Crippen molar-refractivity contribution < 1.29 is 9.18 Å². The molecule has 1 aromatic heterocycles. The fourth-order valence-corrected chi connectivity index (χ4v) is 3.33. The molecule has 0 unspecified atom stereocenters. The maximum absolute atomic E-state index is 13.1. The van der Waals surface area contributed by atoms with Gasteiger partial charge in [-0.05, 0) is 48.9 Å². The summed E-state index contributed by atoms with van der Waals surface area (Å²) in [6.45, 7) is 2.28. The first-order chi connectivity index (χ1) is 14.5. The molecular formula is C24H19ClFN3O. The number of carbonyl (C=O) groups is 1. The number of halogens is 2. The van der Waals surface area contributed by atoms with Gasteiger partial charge in [-0.2, -0.15) is 5.10 Å². The van der Waals surface area contributed by atoms with Crippen LogP contribution in [-0.2, 0) is 6.54 Å². The van der Waals surface area contributed by atoms with Gasteiger partial charge in [0.25, 0.3) is 5.91 Å². The average molecular weight is 420 g/mol. The molecule has 150 valence electrons. The zero-order valence-electron chi connectivity index (χ0n) is 16.3. The Morgan fingerprint density at radius 1 is 1.03 bits per heavy atom. The number of rotatable bonds is 5. The molecule has 0 fully saturated rings. The molecule has 1 heterocycles. The molecule has 0 spiro atoms. The first-order valence-corrected chi connectivity index (χ1v) is 9.84. The molecule has 0 aliphatic rings. The normalized spacial score (nSPS) is 10.8. The highest BCUT2D eigenvalue weighted by Crippen LogP contribution is 2.28. The summed E-state index contributed by atoms with van der Waals surface area (Å²) < 4.78 is 14.7. The van der Waals surface area contributed by atoms with E-state index in [-0.39, 0.29) is 18.3 Å². The molecule has 0 atom stereocenters. The molecule has 0 saturated carbocycles. The molecule has 0 radical (unpaired) electrons. The van der Waals surface area contributed by atoms with Gasteiger partial charge in [-0.3, -0.25) is 4.79 Å². The molecule has 0 saturated heterocycles. The minimum absolute atomic E-state index is 0.277. The fourth-order valence-electron chi connectivity index (χ4n) is 3.10. The van der Waals surface area contributed by atoms with Crippen molar-refractivity contribution in [1.82, 2.24) is 15.1 Å². The Balaban J connectivity index is 1.69.